The third kappa shape index (κ3) is 6.30. The number of fused-ring (bicyclic) bond motifs is 1. The molecule has 0 fully saturated rings. The Morgan fingerprint density at radius 1 is 1.11 bits per heavy atom. The maximum Gasteiger partial charge on any atom is 0.319 e. The number of amides is 3. The molecule has 3 aromatic carbocycles. The van der Waals surface area contributed by atoms with E-state index in [4.69, 9.17) is 9.47 Å². The van der Waals surface area contributed by atoms with Gasteiger partial charge in [0, 0.05) is 11.8 Å². The normalized spacial score (nSPS) is 12.9. The number of anilines is 2. The van der Waals surface area contributed by atoms with Gasteiger partial charge in [0.25, 0.3) is 5.91 Å². The average Bonchev–Trinajstić information content (AvgIpc) is 2.86. The molecule has 0 spiro atoms. The van der Waals surface area contributed by atoms with Crippen molar-refractivity contribution in [3.05, 3.63) is 90.0 Å². The summed E-state index contributed by atoms with van der Waals surface area (Å²) in [7, 11) is 0. The zero-order valence-corrected chi connectivity index (χ0v) is 21.8. The number of benzene rings is 3. The minimum absolute atomic E-state index is 0.0702. The number of carbonyl (C=O) groups excluding carboxylic acids is 2. The van der Waals surface area contributed by atoms with Crippen LogP contribution in [0.15, 0.2) is 73.3 Å². The highest BCUT2D eigenvalue weighted by molar-refractivity contribution is 5.99. The van der Waals surface area contributed by atoms with Crippen molar-refractivity contribution in [2.24, 2.45) is 0 Å². The lowest BCUT2D eigenvalue weighted by molar-refractivity contribution is -0.121. The topological polar surface area (TPSA) is 79.9 Å². The molecule has 0 radical (unpaired) electrons. The van der Waals surface area contributed by atoms with Crippen LogP contribution in [0.5, 0.6) is 11.5 Å². The van der Waals surface area contributed by atoms with Gasteiger partial charge in [0.2, 0.25) is 0 Å². The number of aryl methyl sites for hydroxylation is 1. The van der Waals surface area contributed by atoms with E-state index in [9.17, 15) is 9.59 Å². The molecule has 0 aliphatic carbocycles. The summed E-state index contributed by atoms with van der Waals surface area (Å²) in [6.07, 6.45) is 0. The molecule has 0 bridgehead atoms. The van der Waals surface area contributed by atoms with Crippen molar-refractivity contribution in [1.29, 1.82) is 0 Å². The molecule has 7 nitrogen and oxygen atoms in total. The Labute approximate surface area is 218 Å². The summed E-state index contributed by atoms with van der Waals surface area (Å²) in [5.41, 5.74) is 4.72. The van der Waals surface area contributed by atoms with Gasteiger partial charge in [-0.1, -0.05) is 48.0 Å². The first-order valence-electron chi connectivity index (χ1n) is 12.2. The van der Waals surface area contributed by atoms with Gasteiger partial charge in [0.05, 0.1) is 17.8 Å². The number of nitrogens with one attached hydrogen (secondary N) is 2. The molecule has 1 aliphatic heterocycles. The van der Waals surface area contributed by atoms with Crippen LogP contribution in [0, 0.1) is 6.92 Å². The SMILES string of the molecule is C=C(C)c1cccc(C(C)(C)NC(=O)Nc2ccc3c(c2)OCC(=O)N3CCOc2ccc(C)cc2)c1. The second-order valence-electron chi connectivity index (χ2n) is 9.74. The van der Waals surface area contributed by atoms with E-state index >= 15 is 0 Å². The summed E-state index contributed by atoms with van der Waals surface area (Å²) in [6.45, 7) is 12.5. The zero-order valence-electron chi connectivity index (χ0n) is 21.8. The largest absolute Gasteiger partial charge is 0.492 e. The van der Waals surface area contributed by atoms with Crippen LogP contribution in [0.3, 0.4) is 0 Å². The molecule has 3 amide bonds. The number of allylic oxidation sites excluding steroid dienone is 1. The number of nitrogens with zero attached hydrogens (tertiary/aromatic N) is 1. The third-order valence-electron chi connectivity index (χ3n) is 6.27. The number of rotatable bonds is 8. The van der Waals surface area contributed by atoms with Gasteiger partial charge in [-0.25, -0.2) is 4.79 Å². The fourth-order valence-electron chi connectivity index (χ4n) is 4.11. The van der Waals surface area contributed by atoms with Gasteiger partial charge in [0.1, 0.15) is 18.1 Å². The van der Waals surface area contributed by atoms with Crippen LogP contribution < -0.4 is 25.0 Å². The van der Waals surface area contributed by atoms with Gasteiger partial charge in [-0.2, -0.15) is 0 Å². The Kier molecular flexibility index (Phi) is 7.53. The second-order valence-corrected chi connectivity index (χ2v) is 9.74. The Morgan fingerprint density at radius 3 is 2.59 bits per heavy atom. The molecule has 4 rings (SSSR count). The Bertz CT molecular complexity index is 1310. The molecule has 0 saturated carbocycles. The summed E-state index contributed by atoms with van der Waals surface area (Å²) < 4.78 is 11.5. The maximum atomic E-state index is 12.8. The number of hydrogen-bond acceptors (Lipinski definition) is 4. The minimum Gasteiger partial charge on any atom is -0.492 e. The van der Waals surface area contributed by atoms with E-state index < -0.39 is 5.54 Å². The van der Waals surface area contributed by atoms with Crippen LogP contribution in [-0.4, -0.2) is 31.7 Å². The number of urea groups is 1. The van der Waals surface area contributed by atoms with Crippen LogP contribution in [0.25, 0.3) is 5.57 Å². The molecule has 0 unspecified atom stereocenters. The van der Waals surface area contributed by atoms with Crippen LogP contribution in [0.1, 0.15) is 37.5 Å². The Balaban J connectivity index is 1.40. The van der Waals surface area contributed by atoms with Gasteiger partial charge in [-0.3, -0.25) is 4.79 Å². The predicted molar refractivity (Wildman–Crippen MR) is 147 cm³/mol. The van der Waals surface area contributed by atoms with Crippen molar-refractivity contribution in [2.75, 3.05) is 30.0 Å². The quantitative estimate of drug-likeness (QED) is 0.405. The van der Waals surface area contributed by atoms with Gasteiger partial charge < -0.3 is 25.0 Å². The highest BCUT2D eigenvalue weighted by atomic mass is 16.5. The standard InChI is InChI=1S/C30H33N3O4/c1-20(2)22-7-6-8-23(17-22)30(4,5)32-29(35)31-24-11-14-26-27(18-24)37-19-28(34)33(26)15-16-36-25-12-9-21(3)10-13-25/h6-14,17-18H,1,15-16,19H2,2-5H3,(H2,31,32,35). The van der Waals surface area contributed by atoms with Gasteiger partial charge in [-0.15, -0.1) is 0 Å². The van der Waals surface area contributed by atoms with Crippen molar-refractivity contribution in [2.45, 2.75) is 33.2 Å². The first-order valence-corrected chi connectivity index (χ1v) is 12.2. The monoisotopic (exact) mass is 499 g/mol. The number of hydrogen-bond donors (Lipinski definition) is 2. The van der Waals surface area contributed by atoms with E-state index in [-0.39, 0.29) is 18.5 Å². The van der Waals surface area contributed by atoms with Gasteiger partial charge in [0.15, 0.2) is 6.61 Å². The maximum absolute atomic E-state index is 12.8. The molecule has 0 atom stereocenters. The first-order chi connectivity index (χ1) is 17.6. The van der Waals surface area contributed by atoms with E-state index in [0.29, 0.717) is 30.3 Å². The molecule has 1 heterocycles. The molecule has 37 heavy (non-hydrogen) atoms. The van der Waals surface area contributed by atoms with E-state index in [1.54, 1.807) is 23.1 Å². The molecular formula is C30H33N3O4. The Morgan fingerprint density at radius 2 is 1.86 bits per heavy atom. The molecule has 1 aliphatic rings. The fourth-order valence-corrected chi connectivity index (χ4v) is 4.11. The molecule has 0 saturated heterocycles. The first kappa shape index (κ1) is 25.8. The molecule has 192 valence electrons. The third-order valence-corrected chi connectivity index (χ3v) is 6.27. The van der Waals surface area contributed by atoms with Crippen molar-refractivity contribution < 1.29 is 19.1 Å². The smallest absolute Gasteiger partial charge is 0.319 e. The highest BCUT2D eigenvalue weighted by Crippen LogP contribution is 2.34. The lowest BCUT2D eigenvalue weighted by Gasteiger charge is -2.30. The van der Waals surface area contributed by atoms with Crippen molar-refractivity contribution >= 4 is 28.9 Å². The van der Waals surface area contributed by atoms with E-state index in [1.807, 2.05) is 76.2 Å². The summed E-state index contributed by atoms with van der Waals surface area (Å²) in [5, 5.41) is 5.90. The summed E-state index contributed by atoms with van der Waals surface area (Å²) in [4.78, 5) is 27.0. The van der Waals surface area contributed by atoms with Crippen molar-refractivity contribution in [3.8, 4) is 11.5 Å². The lowest BCUT2D eigenvalue weighted by atomic mass is 9.92. The molecule has 7 heteroatoms. The molecule has 3 aromatic rings. The van der Waals surface area contributed by atoms with Crippen molar-refractivity contribution in [1.82, 2.24) is 5.32 Å². The Hall–Kier alpha value is -4.26. The van der Waals surface area contributed by atoms with Crippen LogP contribution >= 0.6 is 0 Å². The van der Waals surface area contributed by atoms with E-state index in [0.717, 1.165) is 28.0 Å². The van der Waals surface area contributed by atoms with Crippen LogP contribution in [0.4, 0.5) is 16.2 Å². The van der Waals surface area contributed by atoms with E-state index in [2.05, 4.69) is 17.2 Å². The van der Waals surface area contributed by atoms with Crippen LogP contribution in [0.2, 0.25) is 0 Å². The van der Waals surface area contributed by atoms with Crippen molar-refractivity contribution in [3.63, 3.8) is 0 Å². The lowest BCUT2D eigenvalue weighted by Crippen LogP contribution is -2.43. The zero-order chi connectivity index (χ0) is 26.6. The molecular weight excluding hydrogens is 466 g/mol. The van der Waals surface area contributed by atoms with Gasteiger partial charge >= 0.3 is 6.03 Å². The average molecular weight is 500 g/mol. The number of carbonyl (C=O) groups is 2. The van der Waals surface area contributed by atoms with Gasteiger partial charge in [-0.05, 0) is 69.2 Å². The molecule has 0 aromatic heterocycles. The fraction of sp³-hybridized carbons (Fsp3) is 0.267. The molecule has 2 N–H and O–H groups in total. The second kappa shape index (κ2) is 10.8. The summed E-state index contributed by atoms with van der Waals surface area (Å²) in [6, 6.07) is 20.7. The minimum atomic E-state index is -0.610. The van der Waals surface area contributed by atoms with Crippen LogP contribution in [-0.2, 0) is 10.3 Å². The highest BCUT2D eigenvalue weighted by Gasteiger charge is 2.27. The number of ether oxygens (including phenoxy) is 2. The summed E-state index contributed by atoms with van der Waals surface area (Å²) in [5.74, 6) is 1.14. The van der Waals surface area contributed by atoms with E-state index in [1.165, 1.54) is 0 Å². The predicted octanol–water partition coefficient (Wildman–Crippen LogP) is 5.89. The summed E-state index contributed by atoms with van der Waals surface area (Å²) >= 11 is 0.